The average Bonchev–Trinajstić information content (AvgIpc) is 2.16. The Morgan fingerprint density at radius 1 is 1.31 bits per heavy atom. The Bertz CT molecular complexity index is 318. The van der Waals surface area contributed by atoms with E-state index in [0.29, 0.717) is 0 Å². The Balaban J connectivity index is 3.15. The maximum Gasteiger partial charge on any atom is 0.222 e. The summed E-state index contributed by atoms with van der Waals surface area (Å²) in [6.07, 6.45) is 1.96. The molecule has 0 N–H and O–H groups in total. The van der Waals surface area contributed by atoms with E-state index in [1.165, 1.54) is 11.1 Å². The van der Waals surface area contributed by atoms with Gasteiger partial charge in [0.25, 0.3) is 0 Å². The summed E-state index contributed by atoms with van der Waals surface area (Å²) in [6.45, 7) is 4.21. The maximum atomic E-state index is 11.2. The van der Waals surface area contributed by atoms with E-state index in [9.17, 15) is 4.79 Å². The molecule has 0 spiro atoms. The fraction of sp³-hybridized carbons (Fsp3) is 0.364. The zero-order valence-electron chi connectivity index (χ0n) is 7.93. The van der Waals surface area contributed by atoms with E-state index in [-0.39, 0.29) is 3.79 Å². The third-order valence-electron chi connectivity index (χ3n) is 2.17. The van der Waals surface area contributed by atoms with Crippen LogP contribution in [0.5, 0.6) is 0 Å². The molecule has 0 fully saturated rings. The first-order valence-electron chi connectivity index (χ1n) is 4.50. The molecule has 1 rings (SSSR count). The number of carbonyl (C=O) groups is 1. The number of rotatable bonds is 3. The third-order valence-corrected chi connectivity index (χ3v) is 2.75. The third kappa shape index (κ3) is 2.53. The summed E-state index contributed by atoms with van der Waals surface area (Å²) in [6, 6.07) is 6.10. The van der Waals surface area contributed by atoms with Crippen LogP contribution in [0.15, 0.2) is 18.2 Å². The predicted octanol–water partition coefficient (Wildman–Crippen LogP) is 3.39. The lowest BCUT2D eigenvalue weighted by Crippen LogP contribution is -1.97. The van der Waals surface area contributed by atoms with Crippen LogP contribution in [0.25, 0.3) is 0 Å². The van der Waals surface area contributed by atoms with Gasteiger partial charge >= 0.3 is 0 Å². The van der Waals surface area contributed by atoms with Gasteiger partial charge in [0.1, 0.15) is 0 Å². The standard InChI is InChI=1S/C11H13IO/c1-3-8-5-6-10(11(12)13)9(4-2)7-8/h5-7H,3-4H2,1-2H3. The van der Waals surface area contributed by atoms with Gasteiger partial charge in [0, 0.05) is 28.2 Å². The van der Waals surface area contributed by atoms with Gasteiger partial charge in [-0.1, -0.05) is 32.0 Å². The molecule has 0 unspecified atom stereocenters. The minimum Gasteiger partial charge on any atom is -0.282 e. The smallest absolute Gasteiger partial charge is 0.222 e. The molecule has 0 amide bonds. The highest BCUT2D eigenvalue weighted by atomic mass is 127. The molecule has 0 aromatic heterocycles. The highest BCUT2D eigenvalue weighted by Crippen LogP contribution is 2.16. The van der Waals surface area contributed by atoms with Crippen LogP contribution < -0.4 is 0 Å². The molecular formula is C11H13IO. The topological polar surface area (TPSA) is 17.1 Å². The molecule has 0 bridgehead atoms. The summed E-state index contributed by atoms with van der Waals surface area (Å²) in [5.41, 5.74) is 3.33. The first-order chi connectivity index (χ1) is 6.19. The normalized spacial score (nSPS) is 10.1. The molecule has 2 heteroatoms. The SMILES string of the molecule is CCc1ccc(C(=O)I)c(CC)c1. The molecule has 0 aliphatic heterocycles. The van der Waals surface area contributed by atoms with Crippen molar-refractivity contribution in [2.45, 2.75) is 26.7 Å². The van der Waals surface area contributed by atoms with Gasteiger partial charge in [-0.3, -0.25) is 4.79 Å². The lowest BCUT2D eigenvalue weighted by Gasteiger charge is -2.05. The largest absolute Gasteiger partial charge is 0.282 e. The van der Waals surface area contributed by atoms with E-state index in [1.807, 2.05) is 34.7 Å². The van der Waals surface area contributed by atoms with Crippen molar-refractivity contribution in [1.82, 2.24) is 0 Å². The van der Waals surface area contributed by atoms with Crippen LogP contribution in [-0.4, -0.2) is 3.79 Å². The highest BCUT2D eigenvalue weighted by Gasteiger charge is 2.06. The monoisotopic (exact) mass is 288 g/mol. The van der Waals surface area contributed by atoms with E-state index >= 15 is 0 Å². The number of aryl methyl sites for hydroxylation is 2. The molecule has 0 aliphatic carbocycles. The van der Waals surface area contributed by atoms with Crippen molar-refractivity contribution in [3.8, 4) is 0 Å². The van der Waals surface area contributed by atoms with Crippen LogP contribution in [0, 0.1) is 0 Å². The number of hydrogen-bond donors (Lipinski definition) is 0. The van der Waals surface area contributed by atoms with Crippen molar-refractivity contribution in [3.63, 3.8) is 0 Å². The molecule has 0 aliphatic rings. The fourth-order valence-corrected chi connectivity index (χ4v) is 1.88. The second-order valence-electron chi connectivity index (χ2n) is 2.97. The Morgan fingerprint density at radius 2 is 2.00 bits per heavy atom. The second kappa shape index (κ2) is 4.74. The molecule has 0 atom stereocenters. The van der Waals surface area contributed by atoms with Gasteiger partial charge in [-0.15, -0.1) is 0 Å². The predicted molar refractivity (Wildman–Crippen MR) is 63.5 cm³/mol. The number of carbonyl (C=O) groups excluding carboxylic acids is 1. The first-order valence-corrected chi connectivity index (χ1v) is 5.58. The van der Waals surface area contributed by atoms with Crippen LogP contribution in [0.4, 0.5) is 0 Å². The summed E-state index contributed by atoms with van der Waals surface area (Å²) in [5.74, 6) is 0. The van der Waals surface area contributed by atoms with E-state index in [1.54, 1.807) is 0 Å². The molecule has 0 saturated carbocycles. The van der Waals surface area contributed by atoms with Crippen molar-refractivity contribution in [2.75, 3.05) is 0 Å². The molecular weight excluding hydrogens is 275 g/mol. The molecule has 1 aromatic carbocycles. The van der Waals surface area contributed by atoms with E-state index in [2.05, 4.69) is 19.9 Å². The van der Waals surface area contributed by atoms with Gasteiger partial charge in [0.2, 0.25) is 3.79 Å². The summed E-state index contributed by atoms with van der Waals surface area (Å²) < 4.78 is 0.136. The number of benzene rings is 1. The van der Waals surface area contributed by atoms with Gasteiger partial charge in [-0.05, 0) is 24.0 Å². The van der Waals surface area contributed by atoms with Crippen LogP contribution in [-0.2, 0) is 12.8 Å². The maximum absolute atomic E-state index is 11.2. The van der Waals surface area contributed by atoms with E-state index in [0.717, 1.165) is 18.4 Å². The molecule has 0 radical (unpaired) electrons. The quantitative estimate of drug-likeness (QED) is 0.615. The van der Waals surface area contributed by atoms with Gasteiger partial charge in [-0.2, -0.15) is 0 Å². The van der Waals surface area contributed by atoms with Crippen molar-refractivity contribution in [3.05, 3.63) is 34.9 Å². The first kappa shape index (κ1) is 10.7. The Hall–Kier alpha value is -0.380. The zero-order valence-corrected chi connectivity index (χ0v) is 10.1. The van der Waals surface area contributed by atoms with Crippen molar-refractivity contribution in [2.24, 2.45) is 0 Å². The molecule has 70 valence electrons. The molecule has 13 heavy (non-hydrogen) atoms. The molecule has 0 saturated heterocycles. The van der Waals surface area contributed by atoms with Crippen LogP contribution in [0.1, 0.15) is 35.3 Å². The second-order valence-corrected chi connectivity index (χ2v) is 3.95. The zero-order chi connectivity index (χ0) is 9.84. The fourth-order valence-electron chi connectivity index (χ4n) is 1.35. The van der Waals surface area contributed by atoms with Crippen LogP contribution in [0.2, 0.25) is 0 Å². The summed E-state index contributed by atoms with van der Waals surface area (Å²) in [4.78, 5) is 11.2. The van der Waals surface area contributed by atoms with Crippen molar-refractivity contribution >= 4 is 26.4 Å². The molecule has 0 heterocycles. The Kier molecular flexibility index (Phi) is 3.90. The summed E-state index contributed by atoms with van der Waals surface area (Å²) >= 11 is 1.84. The summed E-state index contributed by atoms with van der Waals surface area (Å²) in [7, 11) is 0. The van der Waals surface area contributed by atoms with E-state index in [4.69, 9.17) is 0 Å². The van der Waals surface area contributed by atoms with Gasteiger partial charge in [0.15, 0.2) is 0 Å². The Morgan fingerprint density at radius 3 is 2.46 bits per heavy atom. The lowest BCUT2D eigenvalue weighted by molar-refractivity contribution is 0.110. The molecule has 1 aromatic rings. The summed E-state index contributed by atoms with van der Waals surface area (Å²) in [5, 5.41) is 0. The van der Waals surface area contributed by atoms with E-state index < -0.39 is 0 Å². The Labute approximate surface area is 92.7 Å². The highest BCUT2D eigenvalue weighted by molar-refractivity contribution is 14.1. The average molecular weight is 288 g/mol. The van der Waals surface area contributed by atoms with Crippen molar-refractivity contribution < 1.29 is 4.79 Å². The van der Waals surface area contributed by atoms with Crippen LogP contribution in [0.3, 0.4) is 0 Å². The van der Waals surface area contributed by atoms with Crippen molar-refractivity contribution in [1.29, 1.82) is 0 Å². The van der Waals surface area contributed by atoms with Crippen LogP contribution >= 0.6 is 22.6 Å². The minimum atomic E-state index is 0.136. The molecule has 1 nitrogen and oxygen atoms in total. The lowest BCUT2D eigenvalue weighted by atomic mass is 10.0. The minimum absolute atomic E-state index is 0.136. The van der Waals surface area contributed by atoms with Gasteiger partial charge in [0.05, 0.1) is 0 Å². The van der Waals surface area contributed by atoms with Gasteiger partial charge in [-0.25, -0.2) is 0 Å². The number of halogens is 1. The van der Waals surface area contributed by atoms with Gasteiger partial charge < -0.3 is 0 Å². The number of hydrogen-bond acceptors (Lipinski definition) is 1.